The fraction of sp³-hybridized carbons (Fsp3) is 0.333. The molecule has 3 aliphatic rings. The number of fused-ring (bicyclic) bond motifs is 2. The van der Waals surface area contributed by atoms with Gasteiger partial charge in [-0.25, -0.2) is 0 Å². The molecule has 0 aliphatic carbocycles. The summed E-state index contributed by atoms with van der Waals surface area (Å²) >= 11 is 0. The fourth-order valence-electron chi connectivity index (χ4n) is 5.38. The normalized spacial score (nSPS) is 28.6. The molecule has 1 aromatic carbocycles. The second kappa shape index (κ2) is 6.85. The number of ether oxygens (including phenoxy) is 1. The van der Waals surface area contributed by atoms with Crippen LogP contribution in [0.3, 0.4) is 0 Å². The van der Waals surface area contributed by atoms with E-state index < -0.39 is 17.4 Å². The summed E-state index contributed by atoms with van der Waals surface area (Å²) in [6.07, 6.45) is 7.87. The van der Waals surface area contributed by atoms with Crippen LogP contribution in [0.4, 0.5) is 0 Å². The second-order valence-corrected chi connectivity index (χ2v) is 8.57. The number of benzene rings is 1. The fourth-order valence-corrected chi connectivity index (χ4v) is 5.38. The van der Waals surface area contributed by atoms with Crippen LogP contribution in [0.25, 0.3) is 10.9 Å². The molecule has 3 aromatic rings. The average Bonchev–Trinajstić information content (AvgIpc) is 3.58. The van der Waals surface area contributed by atoms with Gasteiger partial charge in [0.1, 0.15) is 11.4 Å². The Labute approximate surface area is 179 Å². The van der Waals surface area contributed by atoms with Gasteiger partial charge in [0, 0.05) is 23.6 Å². The number of aromatic amines is 1. The number of para-hydroxylation sites is 1. The molecule has 2 N–H and O–H groups in total. The van der Waals surface area contributed by atoms with Gasteiger partial charge in [-0.1, -0.05) is 30.4 Å². The third-order valence-corrected chi connectivity index (χ3v) is 6.78. The number of nitrogens with one attached hydrogen (secondary N) is 2. The van der Waals surface area contributed by atoms with Crippen LogP contribution < -0.4 is 5.32 Å². The maximum absolute atomic E-state index is 13.2. The van der Waals surface area contributed by atoms with E-state index in [9.17, 15) is 9.59 Å². The number of likely N-dealkylation sites (tertiary alicyclic amines) is 1. The number of hydrogen-bond donors (Lipinski definition) is 2. The molecule has 4 atom stereocenters. The van der Waals surface area contributed by atoms with Crippen molar-refractivity contribution in [3.8, 4) is 0 Å². The Balaban J connectivity index is 1.15. The lowest BCUT2D eigenvalue weighted by molar-refractivity contribution is -0.138. The molecule has 1 spiro atoms. The number of furan rings is 1. The van der Waals surface area contributed by atoms with Crippen molar-refractivity contribution in [2.24, 2.45) is 11.8 Å². The lowest BCUT2D eigenvalue weighted by Gasteiger charge is -2.23. The Morgan fingerprint density at radius 1 is 1.26 bits per heavy atom. The standard InChI is InChI=1S/C24H23N3O4/c28-22(25-10-8-15-12-26-18-6-2-1-5-17(15)18)20-19-7-9-24(31-19)14-27(23(29)21(20)24)13-16-4-3-11-30-16/h1-7,9,11-12,19-21,26H,8,10,13-14H2,(H,25,28)/t19-,20-,21-,24+/m0/s1. The number of aromatic nitrogens is 1. The molecule has 7 nitrogen and oxygen atoms in total. The summed E-state index contributed by atoms with van der Waals surface area (Å²) in [4.78, 5) is 31.3. The van der Waals surface area contributed by atoms with Gasteiger partial charge in [-0.2, -0.15) is 0 Å². The minimum Gasteiger partial charge on any atom is -0.467 e. The highest BCUT2D eigenvalue weighted by Gasteiger charge is 2.66. The quantitative estimate of drug-likeness (QED) is 0.603. The summed E-state index contributed by atoms with van der Waals surface area (Å²) in [5.74, 6) is -0.412. The average molecular weight is 417 g/mol. The monoisotopic (exact) mass is 417 g/mol. The Bertz CT molecular complexity index is 1180. The van der Waals surface area contributed by atoms with Crippen molar-refractivity contribution in [3.05, 3.63) is 72.3 Å². The second-order valence-electron chi connectivity index (χ2n) is 8.57. The van der Waals surface area contributed by atoms with E-state index in [1.165, 1.54) is 5.39 Å². The Morgan fingerprint density at radius 2 is 2.16 bits per heavy atom. The van der Waals surface area contributed by atoms with Gasteiger partial charge in [0.15, 0.2) is 0 Å². The predicted octanol–water partition coefficient (Wildman–Crippen LogP) is 2.40. The van der Waals surface area contributed by atoms with Crippen molar-refractivity contribution in [2.45, 2.75) is 24.7 Å². The highest BCUT2D eigenvalue weighted by Crippen LogP contribution is 2.52. The van der Waals surface area contributed by atoms with Gasteiger partial charge in [0.05, 0.1) is 37.3 Å². The predicted molar refractivity (Wildman–Crippen MR) is 113 cm³/mol. The van der Waals surface area contributed by atoms with Gasteiger partial charge in [0.25, 0.3) is 0 Å². The first-order chi connectivity index (χ1) is 15.1. The number of amides is 2. The summed E-state index contributed by atoms with van der Waals surface area (Å²) in [5.41, 5.74) is 1.55. The minimum absolute atomic E-state index is 0.0416. The summed E-state index contributed by atoms with van der Waals surface area (Å²) in [6.45, 7) is 1.35. The van der Waals surface area contributed by atoms with Crippen molar-refractivity contribution in [2.75, 3.05) is 13.1 Å². The number of H-pyrrole nitrogens is 1. The Kier molecular flexibility index (Phi) is 4.08. The van der Waals surface area contributed by atoms with E-state index in [2.05, 4.69) is 16.4 Å². The number of carbonyl (C=O) groups excluding carboxylic acids is 2. The Hall–Kier alpha value is -3.32. The summed E-state index contributed by atoms with van der Waals surface area (Å²) < 4.78 is 11.6. The van der Waals surface area contributed by atoms with E-state index in [1.54, 1.807) is 17.2 Å². The van der Waals surface area contributed by atoms with E-state index >= 15 is 0 Å². The summed E-state index contributed by atoms with van der Waals surface area (Å²) in [6, 6.07) is 11.8. The van der Waals surface area contributed by atoms with Crippen LogP contribution in [-0.2, 0) is 27.3 Å². The number of nitrogens with zero attached hydrogens (tertiary/aromatic N) is 1. The van der Waals surface area contributed by atoms with Crippen LogP contribution in [0.2, 0.25) is 0 Å². The molecule has 0 unspecified atom stereocenters. The van der Waals surface area contributed by atoms with E-state index in [4.69, 9.17) is 9.15 Å². The topological polar surface area (TPSA) is 87.6 Å². The van der Waals surface area contributed by atoms with Crippen molar-refractivity contribution in [1.29, 1.82) is 0 Å². The lowest BCUT2D eigenvalue weighted by atomic mass is 9.77. The summed E-state index contributed by atoms with van der Waals surface area (Å²) in [7, 11) is 0. The molecular formula is C24H23N3O4. The smallest absolute Gasteiger partial charge is 0.230 e. The number of carbonyl (C=O) groups is 2. The molecule has 2 aromatic heterocycles. The van der Waals surface area contributed by atoms with Gasteiger partial charge in [-0.05, 0) is 30.2 Å². The molecule has 2 bridgehead atoms. The molecule has 3 aliphatic heterocycles. The van der Waals surface area contributed by atoms with Crippen molar-refractivity contribution in [3.63, 3.8) is 0 Å². The summed E-state index contributed by atoms with van der Waals surface area (Å²) in [5, 5.41) is 4.21. The van der Waals surface area contributed by atoms with Gasteiger partial charge in [0.2, 0.25) is 11.8 Å². The largest absolute Gasteiger partial charge is 0.467 e. The molecule has 31 heavy (non-hydrogen) atoms. The molecule has 6 rings (SSSR count). The molecule has 7 heteroatoms. The lowest BCUT2D eigenvalue weighted by Crippen LogP contribution is -2.44. The highest BCUT2D eigenvalue weighted by molar-refractivity contribution is 5.93. The van der Waals surface area contributed by atoms with E-state index in [0.717, 1.165) is 23.3 Å². The zero-order valence-corrected chi connectivity index (χ0v) is 16.9. The number of rotatable bonds is 6. The molecular weight excluding hydrogens is 394 g/mol. The van der Waals surface area contributed by atoms with E-state index in [0.29, 0.717) is 19.6 Å². The molecule has 5 heterocycles. The van der Waals surface area contributed by atoms with Crippen molar-refractivity contribution in [1.82, 2.24) is 15.2 Å². The van der Waals surface area contributed by atoms with Gasteiger partial charge in [-0.15, -0.1) is 0 Å². The Morgan fingerprint density at radius 3 is 3.03 bits per heavy atom. The van der Waals surface area contributed by atoms with Crippen LogP contribution >= 0.6 is 0 Å². The highest BCUT2D eigenvalue weighted by atomic mass is 16.5. The van der Waals surface area contributed by atoms with Gasteiger partial charge < -0.3 is 24.4 Å². The SMILES string of the molecule is O=C(NCCc1c[nH]c2ccccc12)[C@H]1[C@@H]2C=C[C@]3(CN(Cc4ccco4)C(=O)[C@H]13)O2. The third kappa shape index (κ3) is 2.84. The maximum atomic E-state index is 13.2. The first-order valence-corrected chi connectivity index (χ1v) is 10.7. The van der Waals surface area contributed by atoms with E-state index in [1.807, 2.05) is 42.6 Å². The van der Waals surface area contributed by atoms with Crippen LogP contribution in [0, 0.1) is 11.8 Å². The zero-order valence-electron chi connectivity index (χ0n) is 16.9. The van der Waals surface area contributed by atoms with Crippen LogP contribution in [-0.4, -0.2) is 46.5 Å². The molecule has 2 amide bonds. The zero-order chi connectivity index (χ0) is 21.0. The van der Waals surface area contributed by atoms with Gasteiger partial charge in [-0.3, -0.25) is 9.59 Å². The van der Waals surface area contributed by atoms with Crippen molar-refractivity contribution >= 4 is 22.7 Å². The van der Waals surface area contributed by atoms with Crippen molar-refractivity contribution < 1.29 is 18.7 Å². The molecule has 0 radical (unpaired) electrons. The third-order valence-electron chi connectivity index (χ3n) is 6.78. The van der Waals surface area contributed by atoms with Crippen LogP contribution in [0.5, 0.6) is 0 Å². The van der Waals surface area contributed by atoms with Crippen LogP contribution in [0.15, 0.2) is 65.4 Å². The molecule has 158 valence electrons. The molecule has 2 fully saturated rings. The van der Waals surface area contributed by atoms with Gasteiger partial charge >= 0.3 is 0 Å². The first-order valence-electron chi connectivity index (χ1n) is 10.7. The number of hydrogen-bond acceptors (Lipinski definition) is 4. The molecule has 0 saturated carbocycles. The first kappa shape index (κ1) is 18.4. The van der Waals surface area contributed by atoms with E-state index in [-0.39, 0.29) is 17.9 Å². The maximum Gasteiger partial charge on any atom is 0.230 e. The minimum atomic E-state index is -0.701. The van der Waals surface area contributed by atoms with Crippen LogP contribution in [0.1, 0.15) is 11.3 Å². The molecule has 2 saturated heterocycles.